The average molecular weight is 714 g/mol. The van der Waals surface area contributed by atoms with E-state index in [-0.39, 0.29) is 72.3 Å². The molecule has 3 aromatic heterocycles. The van der Waals surface area contributed by atoms with Crippen LogP contribution in [0.4, 0.5) is 24.5 Å². The largest absolute Gasteiger partial charge is 0.504 e. The summed E-state index contributed by atoms with van der Waals surface area (Å²) in [5.74, 6) is -0.438. The van der Waals surface area contributed by atoms with Gasteiger partial charge in [-0.1, -0.05) is 24.6 Å². The Labute approximate surface area is 287 Å². The molecule has 0 saturated carbocycles. The zero-order chi connectivity index (χ0) is 35.3. The first-order valence-electron chi connectivity index (χ1n) is 15.9. The molecule has 2 saturated heterocycles. The van der Waals surface area contributed by atoms with Crippen molar-refractivity contribution in [3.05, 3.63) is 75.0 Å². The van der Waals surface area contributed by atoms with E-state index in [1.165, 1.54) is 15.7 Å². The zero-order valence-corrected chi connectivity index (χ0v) is 27.4. The number of hydrogen-bond donors (Lipinski definition) is 2. The summed E-state index contributed by atoms with van der Waals surface area (Å²) in [7, 11) is 0. The summed E-state index contributed by atoms with van der Waals surface area (Å²) in [6.07, 6.45) is 0.738. The molecule has 18 heteroatoms. The molecule has 2 aliphatic heterocycles. The maximum atomic E-state index is 14.2. The van der Waals surface area contributed by atoms with Gasteiger partial charge in [-0.25, -0.2) is 9.97 Å². The molecule has 4 aromatic rings. The number of carbonyl (C=O) groups excluding carboxylic acids is 2. The highest BCUT2D eigenvalue weighted by atomic mass is 35.5. The van der Waals surface area contributed by atoms with E-state index < -0.39 is 29.1 Å². The summed E-state index contributed by atoms with van der Waals surface area (Å²) in [6.45, 7) is 3.57. The highest BCUT2D eigenvalue weighted by Crippen LogP contribution is 2.39. The van der Waals surface area contributed by atoms with Crippen LogP contribution in [-0.4, -0.2) is 90.3 Å². The second-order valence-corrected chi connectivity index (χ2v) is 12.7. The lowest BCUT2D eigenvalue weighted by Crippen LogP contribution is -2.51. The van der Waals surface area contributed by atoms with E-state index in [1.54, 1.807) is 4.57 Å². The molecule has 2 atom stereocenters. The summed E-state index contributed by atoms with van der Waals surface area (Å²) in [4.78, 5) is 56.5. The van der Waals surface area contributed by atoms with Crippen molar-refractivity contribution >= 4 is 46.1 Å². The number of nitrogens with zero attached hydrogens (tertiary/aromatic N) is 8. The smallest absolute Gasteiger partial charge is 0.416 e. The normalized spacial score (nSPS) is 19.2. The molecule has 2 unspecified atom stereocenters. The van der Waals surface area contributed by atoms with Crippen LogP contribution in [0, 0.1) is 11.8 Å². The fourth-order valence-corrected chi connectivity index (χ4v) is 6.97. The van der Waals surface area contributed by atoms with Crippen LogP contribution in [0.3, 0.4) is 0 Å². The van der Waals surface area contributed by atoms with Crippen LogP contribution in [-0.2, 0) is 28.7 Å². The van der Waals surface area contributed by atoms with Crippen LogP contribution in [0.25, 0.3) is 11.4 Å². The Balaban J connectivity index is 1.23. The van der Waals surface area contributed by atoms with Gasteiger partial charge in [-0.15, -0.1) is 5.10 Å². The molecule has 7 rings (SSSR count). The van der Waals surface area contributed by atoms with E-state index in [4.69, 9.17) is 21.3 Å². The maximum absolute atomic E-state index is 14.2. The third-order valence-corrected chi connectivity index (χ3v) is 9.56. The monoisotopic (exact) mass is 713 g/mol. The second kappa shape index (κ2) is 13.0. The van der Waals surface area contributed by atoms with Gasteiger partial charge < -0.3 is 29.5 Å². The number of allylic oxidation sites excluding steroid dienone is 1. The number of benzene rings is 1. The molecule has 5 heterocycles. The first-order valence-corrected chi connectivity index (χ1v) is 16.3. The average Bonchev–Trinajstić information content (AvgIpc) is 3.82. The number of alkyl halides is 3. The number of halogens is 4. The summed E-state index contributed by atoms with van der Waals surface area (Å²) in [5, 5.41) is 17.0. The Morgan fingerprint density at radius 1 is 1.16 bits per heavy atom. The van der Waals surface area contributed by atoms with Crippen LogP contribution in [0.15, 0.2) is 41.6 Å². The van der Waals surface area contributed by atoms with Gasteiger partial charge >= 0.3 is 6.18 Å². The Bertz CT molecular complexity index is 2090. The molecule has 2 N–H and O–H groups in total. The Morgan fingerprint density at radius 3 is 2.62 bits per heavy atom. The highest BCUT2D eigenvalue weighted by molar-refractivity contribution is 6.33. The van der Waals surface area contributed by atoms with Crippen molar-refractivity contribution < 1.29 is 32.6 Å². The predicted molar refractivity (Wildman–Crippen MR) is 174 cm³/mol. The van der Waals surface area contributed by atoms with Crippen molar-refractivity contribution in [2.75, 3.05) is 49.6 Å². The number of nitrogens with one attached hydrogen (secondary N) is 1. The number of hydrogen-bond acceptors (Lipinski definition) is 10. The number of aromatic hydroxyl groups is 1. The number of carbonyl (C=O) groups is 2. The van der Waals surface area contributed by atoms with Gasteiger partial charge in [-0.2, -0.15) is 22.7 Å². The van der Waals surface area contributed by atoms with Gasteiger partial charge in [0.15, 0.2) is 17.3 Å². The number of anilines is 2. The second-order valence-electron chi connectivity index (χ2n) is 12.3. The molecule has 1 aromatic carbocycles. The van der Waals surface area contributed by atoms with Crippen molar-refractivity contribution in [3.63, 3.8) is 0 Å². The fourth-order valence-electron chi connectivity index (χ4n) is 6.75. The number of ether oxygens (including phenoxy) is 1. The zero-order valence-electron chi connectivity index (χ0n) is 26.7. The van der Waals surface area contributed by atoms with Crippen LogP contribution in [0.5, 0.6) is 5.75 Å². The van der Waals surface area contributed by atoms with Gasteiger partial charge in [0.25, 0.3) is 11.5 Å². The third kappa shape index (κ3) is 6.15. The van der Waals surface area contributed by atoms with E-state index >= 15 is 0 Å². The van der Waals surface area contributed by atoms with Gasteiger partial charge in [0, 0.05) is 32.1 Å². The standard InChI is InChI=1S/C32H31ClF3N9O5/c1-2-23-27(42-5-7-43(8-6-42)29(48)26-24(46)12-37-16-38-26)30(49)45-31(40-28(41-45)17-9-18-14-50-15-19(18)10-17)44(23)13-25(47)39-22-4-3-20(11-21(22)33)32(34,35)36/h3-4,9,11-12,16,18-19,46H,2,5-8,10,13-15H2,1H3,(H,39,47). The number of fused-ring (bicyclic) bond motifs is 2. The quantitative estimate of drug-likeness (QED) is 0.291. The van der Waals surface area contributed by atoms with Crippen molar-refractivity contribution in [1.29, 1.82) is 0 Å². The minimum absolute atomic E-state index is 0.0115. The lowest BCUT2D eigenvalue weighted by Gasteiger charge is -2.36. The summed E-state index contributed by atoms with van der Waals surface area (Å²) in [6, 6.07) is 2.65. The number of amides is 2. The Kier molecular flexibility index (Phi) is 8.71. The molecule has 0 spiro atoms. The number of aromatic nitrogens is 6. The Hall–Kier alpha value is -5.03. The van der Waals surface area contributed by atoms with Crippen molar-refractivity contribution in [2.24, 2.45) is 11.8 Å². The third-order valence-electron chi connectivity index (χ3n) is 9.24. The van der Waals surface area contributed by atoms with Gasteiger partial charge in [0.1, 0.15) is 18.6 Å². The molecule has 0 radical (unpaired) electrons. The summed E-state index contributed by atoms with van der Waals surface area (Å²) >= 11 is 6.12. The van der Waals surface area contributed by atoms with E-state index in [9.17, 15) is 32.7 Å². The van der Waals surface area contributed by atoms with E-state index in [1.807, 2.05) is 11.8 Å². The molecule has 14 nitrogen and oxygen atoms in total. The topological polar surface area (TPSA) is 160 Å². The van der Waals surface area contributed by atoms with E-state index in [2.05, 4.69) is 26.5 Å². The Morgan fingerprint density at radius 2 is 1.94 bits per heavy atom. The van der Waals surface area contributed by atoms with E-state index in [0.717, 1.165) is 30.0 Å². The summed E-state index contributed by atoms with van der Waals surface area (Å²) in [5.41, 5.74) is 0.0878. The number of piperazine rings is 1. The van der Waals surface area contributed by atoms with E-state index in [0.29, 0.717) is 43.5 Å². The molecule has 1 aliphatic carbocycles. The number of rotatable bonds is 7. The lowest BCUT2D eigenvalue weighted by atomic mass is 10.00. The summed E-state index contributed by atoms with van der Waals surface area (Å²) < 4.78 is 47.9. The van der Waals surface area contributed by atoms with Crippen LogP contribution >= 0.6 is 11.6 Å². The molecule has 262 valence electrons. The van der Waals surface area contributed by atoms with Crippen LogP contribution in [0.2, 0.25) is 5.02 Å². The highest BCUT2D eigenvalue weighted by Gasteiger charge is 2.36. The van der Waals surface area contributed by atoms with Crippen molar-refractivity contribution in [2.45, 2.75) is 32.5 Å². The maximum Gasteiger partial charge on any atom is 0.416 e. The molecular formula is C32H31ClF3N9O5. The molecule has 50 heavy (non-hydrogen) atoms. The molecule has 0 bridgehead atoms. The molecule has 2 fully saturated rings. The molecule has 3 aliphatic rings. The van der Waals surface area contributed by atoms with Crippen molar-refractivity contribution in [3.8, 4) is 5.75 Å². The van der Waals surface area contributed by atoms with Crippen LogP contribution in [0.1, 0.15) is 40.9 Å². The minimum atomic E-state index is -4.61. The SMILES string of the molecule is CCc1c(N2CCN(C(=O)c3ncncc3O)CC2)c(=O)n2nc(C3=CC4COCC4C3)nc2n1CC(=O)Nc1ccc(C(F)(F)F)cc1Cl. The molecule has 2 amide bonds. The molecular weight excluding hydrogens is 683 g/mol. The van der Waals surface area contributed by atoms with Gasteiger partial charge in [0.05, 0.1) is 41.4 Å². The minimum Gasteiger partial charge on any atom is -0.504 e. The van der Waals surface area contributed by atoms with Gasteiger partial charge in [0.2, 0.25) is 11.7 Å². The van der Waals surface area contributed by atoms with Crippen molar-refractivity contribution in [1.82, 2.24) is 34.0 Å². The predicted octanol–water partition coefficient (Wildman–Crippen LogP) is 3.27. The first-order chi connectivity index (χ1) is 23.9. The lowest BCUT2D eigenvalue weighted by molar-refractivity contribution is -0.137. The fraction of sp³-hybridized carbons (Fsp3) is 0.406. The van der Waals surface area contributed by atoms with Crippen LogP contribution < -0.4 is 15.8 Å². The van der Waals surface area contributed by atoms with Gasteiger partial charge in [-0.05, 0) is 42.5 Å². The van der Waals surface area contributed by atoms with Gasteiger partial charge in [-0.3, -0.25) is 14.4 Å². The first kappa shape index (κ1) is 33.5.